The number of likely N-dealkylation sites (tertiary alicyclic amines) is 1. The smallest absolute Gasteiger partial charge is 0.378 e. The van der Waals surface area contributed by atoms with E-state index >= 15 is 0 Å². The number of anilines is 2. The van der Waals surface area contributed by atoms with Crippen molar-refractivity contribution in [2.75, 3.05) is 49.6 Å². The Morgan fingerprint density at radius 3 is 2.67 bits per heavy atom. The molecule has 6 nitrogen and oxygen atoms in total. The van der Waals surface area contributed by atoms with Crippen LogP contribution in [0.1, 0.15) is 6.42 Å². The molecule has 1 N–H and O–H groups in total. The number of rotatable bonds is 4. The van der Waals surface area contributed by atoms with Crippen molar-refractivity contribution in [3.05, 3.63) is 23.2 Å². The van der Waals surface area contributed by atoms with E-state index in [0.717, 1.165) is 5.69 Å². The highest BCUT2D eigenvalue weighted by Crippen LogP contribution is 2.31. The van der Waals surface area contributed by atoms with E-state index in [4.69, 9.17) is 16.3 Å². The third-order valence-electron chi connectivity index (χ3n) is 4.52. The number of halogens is 4. The van der Waals surface area contributed by atoms with Crippen molar-refractivity contribution >= 4 is 34.8 Å². The van der Waals surface area contributed by atoms with Crippen molar-refractivity contribution in [1.82, 2.24) is 4.90 Å². The van der Waals surface area contributed by atoms with Crippen LogP contribution in [-0.2, 0) is 14.3 Å². The Morgan fingerprint density at radius 2 is 2.00 bits per heavy atom. The first-order valence-corrected chi connectivity index (χ1v) is 8.88. The minimum atomic E-state index is -4.49. The monoisotopic (exact) mass is 405 g/mol. The molecule has 3 rings (SSSR count). The van der Waals surface area contributed by atoms with Crippen molar-refractivity contribution in [3.8, 4) is 0 Å². The van der Waals surface area contributed by atoms with Gasteiger partial charge in [-0.15, -0.1) is 0 Å². The summed E-state index contributed by atoms with van der Waals surface area (Å²) in [7, 11) is 0. The molecular weight excluding hydrogens is 387 g/mol. The molecule has 27 heavy (non-hydrogen) atoms. The average molecular weight is 406 g/mol. The number of carbonyl (C=O) groups excluding carboxylic acids is 2. The van der Waals surface area contributed by atoms with Crippen LogP contribution in [0.2, 0.25) is 5.02 Å². The summed E-state index contributed by atoms with van der Waals surface area (Å²) in [6, 6.07) is 5.07. The van der Waals surface area contributed by atoms with Crippen molar-refractivity contribution < 1.29 is 27.5 Å². The highest BCUT2D eigenvalue weighted by Gasteiger charge is 2.40. The molecular formula is C17H19ClF3N3O3. The van der Waals surface area contributed by atoms with Crippen LogP contribution < -0.4 is 10.2 Å². The van der Waals surface area contributed by atoms with Crippen LogP contribution in [0.3, 0.4) is 0 Å². The van der Waals surface area contributed by atoms with Gasteiger partial charge >= 0.3 is 6.18 Å². The van der Waals surface area contributed by atoms with E-state index in [2.05, 4.69) is 5.32 Å². The number of hydrogen-bond acceptors (Lipinski definition) is 4. The Kier molecular flexibility index (Phi) is 5.81. The molecule has 1 atom stereocenters. The van der Waals surface area contributed by atoms with Gasteiger partial charge in [-0.2, -0.15) is 13.2 Å². The zero-order valence-corrected chi connectivity index (χ0v) is 15.1. The maximum Gasteiger partial charge on any atom is 0.406 e. The molecule has 2 saturated heterocycles. The molecule has 2 heterocycles. The normalized spacial score (nSPS) is 20.9. The lowest BCUT2D eigenvalue weighted by Crippen LogP contribution is -2.37. The van der Waals surface area contributed by atoms with Crippen LogP contribution in [0.5, 0.6) is 0 Å². The molecule has 148 valence electrons. The van der Waals surface area contributed by atoms with Gasteiger partial charge in [0.1, 0.15) is 6.54 Å². The van der Waals surface area contributed by atoms with Gasteiger partial charge in [-0.05, 0) is 18.2 Å². The molecule has 0 aliphatic carbocycles. The maximum absolute atomic E-state index is 12.6. The minimum absolute atomic E-state index is 0.241. The fourth-order valence-corrected chi connectivity index (χ4v) is 3.41. The number of nitrogens with one attached hydrogen (secondary N) is 1. The largest absolute Gasteiger partial charge is 0.406 e. The van der Waals surface area contributed by atoms with Gasteiger partial charge in [-0.1, -0.05) is 11.6 Å². The molecule has 0 aromatic heterocycles. The lowest BCUT2D eigenvalue weighted by molar-refractivity contribution is -0.157. The number of nitrogens with zero attached hydrogens (tertiary/aromatic N) is 2. The average Bonchev–Trinajstić information content (AvgIpc) is 2.95. The first kappa shape index (κ1) is 19.8. The number of benzene rings is 1. The molecule has 0 bridgehead atoms. The summed E-state index contributed by atoms with van der Waals surface area (Å²) in [5.74, 6) is -2.01. The first-order valence-electron chi connectivity index (χ1n) is 8.50. The highest BCUT2D eigenvalue weighted by molar-refractivity contribution is 6.31. The summed E-state index contributed by atoms with van der Waals surface area (Å²) >= 11 is 6.04. The molecule has 0 radical (unpaired) electrons. The first-order chi connectivity index (χ1) is 12.7. The number of carbonyl (C=O) groups is 2. The van der Waals surface area contributed by atoms with Gasteiger partial charge in [0.2, 0.25) is 11.8 Å². The zero-order valence-electron chi connectivity index (χ0n) is 14.4. The Labute approximate surface area is 159 Å². The summed E-state index contributed by atoms with van der Waals surface area (Å²) in [5, 5.41) is 3.15. The lowest BCUT2D eigenvalue weighted by Gasteiger charge is -2.30. The van der Waals surface area contributed by atoms with E-state index in [1.54, 1.807) is 18.2 Å². The van der Waals surface area contributed by atoms with Gasteiger partial charge in [-0.3, -0.25) is 9.59 Å². The Hall–Kier alpha value is -2.00. The van der Waals surface area contributed by atoms with E-state index < -0.39 is 30.5 Å². The van der Waals surface area contributed by atoms with Crippen LogP contribution in [0.25, 0.3) is 0 Å². The minimum Gasteiger partial charge on any atom is -0.378 e. The molecule has 10 heteroatoms. The fraction of sp³-hybridized carbons (Fsp3) is 0.529. The summed E-state index contributed by atoms with van der Waals surface area (Å²) < 4.78 is 42.9. The van der Waals surface area contributed by atoms with Gasteiger partial charge in [0, 0.05) is 31.1 Å². The molecule has 2 fully saturated rings. The highest BCUT2D eigenvalue weighted by atomic mass is 35.5. The summed E-state index contributed by atoms with van der Waals surface area (Å²) in [6.07, 6.45) is -4.73. The number of alkyl halides is 3. The number of hydrogen-bond donors (Lipinski definition) is 1. The van der Waals surface area contributed by atoms with Crippen LogP contribution in [-0.4, -0.2) is 62.3 Å². The van der Waals surface area contributed by atoms with E-state index in [0.29, 0.717) is 41.9 Å². The summed E-state index contributed by atoms with van der Waals surface area (Å²) in [5.41, 5.74) is 1.23. The number of amides is 2. The lowest BCUT2D eigenvalue weighted by atomic mass is 10.1. The number of ether oxygens (including phenoxy) is 1. The van der Waals surface area contributed by atoms with Crippen molar-refractivity contribution in [3.63, 3.8) is 0 Å². The molecule has 0 saturated carbocycles. The topological polar surface area (TPSA) is 61.9 Å². The molecule has 2 aliphatic rings. The molecule has 1 unspecified atom stereocenters. The predicted molar refractivity (Wildman–Crippen MR) is 93.9 cm³/mol. The molecule has 1 aromatic rings. The molecule has 0 spiro atoms. The van der Waals surface area contributed by atoms with Gasteiger partial charge < -0.3 is 19.9 Å². The van der Waals surface area contributed by atoms with Crippen LogP contribution in [0.15, 0.2) is 18.2 Å². The second kappa shape index (κ2) is 7.93. The molecule has 2 amide bonds. The van der Waals surface area contributed by atoms with Gasteiger partial charge in [0.05, 0.1) is 30.5 Å². The third kappa shape index (κ3) is 5.04. The van der Waals surface area contributed by atoms with Gasteiger partial charge in [-0.25, -0.2) is 0 Å². The van der Waals surface area contributed by atoms with Crippen molar-refractivity contribution in [2.45, 2.75) is 12.6 Å². The maximum atomic E-state index is 12.6. The Balaban J connectivity index is 1.71. The Morgan fingerprint density at radius 1 is 1.30 bits per heavy atom. The third-order valence-corrected chi connectivity index (χ3v) is 4.76. The number of morpholine rings is 1. The van der Waals surface area contributed by atoms with Gasteiger partial charge in [0.15, 0.2) is 0 Å². The van der Waals surface area contributed by atoms with Crippen LogP contribution in [0, 0.1) is 5.92 Å². The van der Waals surface area contributed by atoms with E-state index in [9.17, 15) is 22.8 Å². The summed E-state index contributed by atoms with van der Waals surface area (Å²) in [4.78, 5) is 27.1. The second-order valence-electron chi connectivity index (χ2n) is 6.54. The standard InChI is InChI=1S/C17H19ClF3N3O3/c18-12-1-2-14(23-3-5-27-6-4-23)13(8-12)22-16(26)11-7-15(25)24(9-11)10-17(19,20)21/h1-2,8,11H,3-7,9-10H2,(H,22,26). The molecule has 1 aromatic carbocycles. The van der Waals surface area contributed by atoms with Crippen LogP contribution in [0.4, 0.5) is 24.5 Å². The predicted octanol–water partition coefficient (Wildman–Crippen LogP) is 2.53. The quantitative estimate of drug-likeness (QED) is 0.836. The second-order valence-corrected chi connectivity index (χ2v) is 6.98. The zero-order chi connectivity index (χ0) is 19.6. The Bertz CT molecular complexity index is 723. The van der Waals surface area contributed by atoms with E-state index in [1.807, 2.05) is 4.90 Å². The van der Waals surface area contributed by atoms with E-state index in [-0.39, 0.29) is 13.0 Å². The SMILES string of the molecule is O=C(Nc1cc(Cl)ccc1N1CCOCC1)C1CC(=O)N(CC(F)(F)F)C1. The van der Waals surface area contributed by atoms with Gasteiger partial charge in [0.25, 0.3) is 0 Å². The summed E-state index contributed by atoms with van der Waals surface area (Å²) in [6.45, 7) is 0.806. The van der Waals surface area contributed by atoms with Crippen molar-refractivity contribution in [1.29, 1.82) is 0 Å². The molecule has 2 aliphatic heterocycles. The van der Waals surface area contributed by atoms with Crippen molar-refractivity contribution in [2.24, 2.45) is 5.92 Å². The van der Waals surface area contributed by atoms with Crippen LogP contribution >= 0.6 is 11.6 Å². The fourth-order valence-electron chi connectivity index (χ4n) is 3.24. The van der Waals surface area contributed by atoms with E-state index in [1.165, 1.54) is 0 Å².